The molecule has 0 unspecified atom stereocenters. The van der Waals surface area contributed by atoms with Crippen molar-refractivity contribution in [2.75, 3.05) is 0 Å². The predicted octanol–water partition coefficient (Wildman–Crippen LogP) is -1.69. The fraction of sp³-hybridized carbons (Fsp3) is 0. The summed E-state index contributed by atoms with van der Waals surface area (Å²) in [5, 5.41) is 0. The van der Waals surface area contributed by atoms with Gasteiger partial charge in [0, 0.05) is 51.4 Å². The first kappa shape index (κ1) is 18.2. The molecule has 0 aromatic rings. The molecular formula is H4KO8S2. The van der Waals surface area contributed by atoms with Crippen molar-refractivity contribution in [1.82, 2.24) is 0 Å². The van der Waals surface area contributed by atoms with Crippen LogP contribution in [-0.2, 0) is 20.8 Å². The van der Waals surface area contributed by atoms with Gasteiger partial charge in [0.15, 0.2) is 0 Å². The van der Waals surface area contributed by atoms with E-state index in [4.69, 9.17) is 35.0 Å². The van der Waals surface area contributed by atoms with E-state index in [1.807, 2.05) is 0 Å². The van der Waals surface area contributed by atoms with E-state index in [9.17, 15) is 0 Å². The average molecular weight is 235 g/mol. The van der Waals surface area contributed by atoms with E-state index >= 15 is 0 Å². The first-order valence-corrected chi connectivity index (χ1v) is 4.19. The van der Waals surface area contributed by atoms with Gasteiger partial charge in [-0.1, -0.05) is 0 Å². The summed E-state index contributed by atoms with van der Waals surface area (Å²) >= 11 is 0. The Balaban J connectivity index is -0.000000107. The minimum atomic E-state index is -4.67. The molecule has 0 bridgehead atoms. The molecular weight excluding hydrogens is 231 g/mol. The molecule has 0 aromatic heterocycles. The molecule has 0 rings (SSSR count). The first-order valence-electron chi connectivity index (χ1n) is 1.40. The Morgan fingerprint density at radius 1 is 0.636 bits per heavy atom. The molecule has 0 fully saturated rings. The normalized spacial score (nSPS) is 10.5. The number of rotatable bonds is 0. The van der Waals surface area contributed by atoms with Gasteiger partial charge in [-0.2, -0.15) is 16.8 Å². The smallest absolute Gasteiger partial charge is 0.264 e. The summed E-state index contributed by atoms with van der Waals surface area (Å²) < 4.78 is 63.2. The second-order valence-electron chi connectivity index (χ2n) is 0.896. The Morgan fingerprint density at radius 3 is 0.636 bits per heavy atom. The van der Waals surface area contributed by atoms with Crippen LogP contribution in [0.3, 0.4) is 0 Å². The van der Waals surface area contributed by atoms with Crippen LogP contribution in [0, 0.1) is 0 Å². The Hall–Kier alpha value is 1.38. The van der Waals surface area contributed by atoms with E-state index < -0.39 is 20.8 Å². The van der Waals surface area contributed by atoms with E-state index in [-0.39, 0.29) is 51.4 Å². The molecule has 0 saturated heterocycles. The molecule has 0 amide bonds. The van der Waals surface area contributed by atoms with Crippen LogP contribution >= 0.6 is 0 Å². The third kappa shape index (κ3) is 528. The van der Waals surface area contributed by atoms with Crippen LogP contribution in [0.1, 0.15) is 0 Å². The monoisotopic (exact) mass is 235 g/mol. The third-order valence-corrected chi connectivity index (χ3v) is 0. The quantitative estimate of drug-likeness (QED) is 0.287. The summed E-state index contributed by atoms with van der Waals surface area (Å²) in [6.45, 7) is 0. The molecule has 4 N–H and O–H groups in total. The minimum Gasteiger partial charge on any atom is -0.264 e. The fourth-order valence-corrected chi connectivity index (χ4v) is 0. The van der Waals surface area contributed by atoms with Crippen LogP contribution in [-0.4, -0.2) is 86.4 Å². The summed E-state index contributed by atoms with van der Waals surface area (Å²) in [4.78, 5) is 0. The molecule has 0 aromatic carbocycles. The van der Waals surface area contributed by atoms with Crippen LogP contribution in [0.4, 0.5) is 0 Å². The van der Waals surface area contributed by atoms with Gasteiger partial charge < -0.3 is 0 Å². The van der Waals surface area contributed by atoms with Gasteiger partial charge in [0.1, 0.15) is 0 Å². The van der Waals surface area contributed by atoms with Gasteiger partial charge in [0.2, 0.25) is 0 Å². The minimum absolute atomic E-state index is 0. The zero-order valence-corrected chi connectivity index (χ0v) is 9.99. The van der Waals surface area contributed by atoms with Crippen LogP contribution in [0.2, 0.25) is 0 Å². The van der Waals surface area contributed by atoms with Crippen molar-refractivity contribution >= 4 is 72.2 Å². The van der Waals surface area contributed by atoms with Crippen molar-refractivity contribution in [1.29, 1.82) is 0 Å². The van der Waals surface area contributed by atoms with E-state index in [1.54, 1.807) is 0 Å². The summed E-state index contributed by atoms with van der Waals surface area (Å²) in [7, 11) is -9.33. The van der Waals surface area contributed by atoms with Crippen molar-refractivity contribution in [3.05, 3.63) is 0 Å². The van der Waals surface area contributed by atoms with Crippen LogP contribution < -0.4 is 0 Å². The van der Waals surface area contributed by atoms with Crippen LogP contribution in [0.25, 0.3) is 0 Å². The van der Waals surface area contributed by atoms with Crippen molar-refractivity contribution in [3.63, 3.8) is 0 Å². The molecule has 1 radical (unpaired) electrons. The maximum absolute atomic E-state index is 8.74. The predicted molar refractivity (Wildman–Crippen MR) is 34.1 cm³/mol. The van der Waals surface area contributed by atoms with E-state index in [2.05, 4.69) is 0 Å². The van der Waals surface area contributed by atoms with Crippen molar-refractivity contribution in [3.8, 4) is 0 Å². The van der Waals surface area contributed by atoms with Crippen molar-refractivity contribution in [2.45, 2.75) is 0 Å². The van der Waals surface area contributed by atoms with Gasteiger partial charge in [-0.3, -0.25) is 18.2 Å². The standard InChI is InChI=1S/K.2H2O4S/c;2*1-5(2,3)4/h;2*(H2,1,2,3,4). The summed E-state index contributed by atoms with van der Waals surface area (Å²) in [6.07, 6.45) is 0. The van der Waals surface area contributed by atoms with E-state index in [0.29, 0.717) is 0 Å². The van der Waals surface area contributed by atoms with Crippen LogP contribution in [0.15, 0.2) is 0 Å². The molecule has 0 saturated carbocycles. The maximum Gasteiger partial charge on any atom is 0.394 e. The molecule has 8 nitrogen and oxygen atoms in total. The molecule has 0 heterocycles. The second kappa shape index (κ2) is 6.85. The van der Waals surface area contributed by atoms with Gasteiger partial charge in [0.05, 0.1) is 0 Å². The molecule has 0 aliphatic rings. The fourth-order valence-electron chi connectivity index (χ4n) is 0. The molecule has 11 heavy (non-hydrogen) atoms. The maximum atomic E-state index is 8.74. The second-order valence-corrected chi connectivity index (χ2v) is 2.69. The zero-order valence-electron chi connectivity index (χ0n) is 5.24. The van der Waals surface area contributed by atoms with Gasteiger partial charge in [-0.25, -0.2) is 0 Å². The topological polar surface area (TPSA) is 149 Å². The summed E-state index contributed by atoms with van der Waals surface area (Å²) in [5.41, 5.74) is 0. The molecule has 11 heteroatoms. The van der Waals surface area contributed by atoms with Gasteiger partial charge in [-0.05, 0) is 0 Å². The van der Waals surface area contributed by atoms with Crippen LogP contribution in [0.5, 0.6) is 0 Å². The Morgan fingerprint density at radius 2 is 0.636 bits per heavy atom. The van der Waals surface area contributed by atoms with Gasteiger partial charge in [0.25, 0.3) is 0 Å². The van der Waals surface area contributed by atoms with Crippen molar-refractivity contribution in [2.24, 2.45) is 0 Å². The Bertz CT molecular complexity index is 208. The summed E-state index contributed by atoms with van der Waals surface area (Å²) in [6, 6.07) is 0. The molecule has 0 spiro atoms. The largest absolute Gasteiger partial charge is 0.394 e. The first-order chi connectivity index (χ1) is 4.00. The Kier molecular flexibility index (Phi) is 11.3. The summed E-state index contributed by atoms with van der Waals surface area (Å²) in [5.74, 6) is 0. The Labute approximate surface area is 106 Å². The third-order valence-electron chi connectivity index (χ3n) is 0. The SMILES string of the molecule is O=S(=O)(O)O.O=S(=O)(O)O.[K]. The zero-order chi connectivity index (χ0) is 9.00. The molecule has 65 valence electrons. The number of hydrogen-bond acceptors (Lipinski definition) is 4. The molecule has 0 aliphatic heterocycles. The van der Waals surface area contributed by atoms with Crippen molar-refractivity contribution < 1.29 is 35.0 Å². The average Bonchev–Trinajstić information content (AvgIpc) is 1.12. The van der Waals surface area contributed by atoms with Gasteiger partial charge >= 0.3 is 20.8 Å². The van der Waals surface area contributed by atoms with Gasteiger partial charge in [-0.15, -0.1) is 0 Å². The molecule has 0 atom stereocenters. The van der Waals surface area contributed by atoms with E-state index in [0.717, 1.165) is 0 Å². The molecule has 0 aliphatic carbocycles. The number of hydrogen-bond donors (Lipinski definition) is 4. The van der Waals surface area contributed by atoms with E-state index in [1.165, 1.54) is 0 Å².